The van der Waals surface area contributed by atoms with Crippen molar-refractivity contribution < 1.29 is 15.0 Å². The molecule has 72 valence electrons. The van der Waals surface area contributed by atoms with Crippen LogP contribution in [0.5, 0.6) is 0 Å². The van der Waals surface area contributed by atoms with Crippen molar-refractivity contribution in [1.82, 2.24) is 0 Å². The summed E-state index contributed by atoms with van der Waals surface area (Å²) in [6.07, 6.45) is -0.753. The van der Waals surface area contributed by atoms with Crippen molar-refractivity contribution in [3.63, 3.8) is 0 Å². The Morgan fingerprint density at radius 2 is 2.07 bits per heavy atom. The van der Waals surface area contributed by atoms with E-state index in [0.717, 1.165) is 0 Å². The monoisotopic (exact) mass is 190 g/mol. The Morgan fingerprint density at radius 1 is 1.43 bits per heavy atom. The molecular formula is C11H10O3. The summed E-state index contributed by atoms with van der Waals surface area (Å²) in [5.41, 5.74) is 0.571. The van der Waals surface area contributed by atoms with Crippen LogP contribution in [0.4, 0.5) is 0 Å². The van der Waals surface area contributed by atoms with Gasteiger partial charge < -0.3 is 10.2 Å². The molecule has 1 aromatic rings. The molecule has 0 heterocycles. The van der Waals surface area contributed by atoms with Crippen LogP contribution >= 0.6 is 0 Å². The molecule has 0 bridgehead atoms. The Hall–Kier alpha value is -1.79. The number of hydrogen-bond acceptors (Lipinski definition) is 2. The van der Waals surface area contributed by atoms with Crippen LogP contribution in [0.2, 0.25) is 0 Å². The number of rotatable bonds is 1. The highest BCUT2D eigenvalue weighted by molar-refractivity contribution is 5.90. The lowest BCUT2D eigenvalue weighted by Gasteiger charge is -1.97. The van der Waals surface area contributed by atoms with Crippen molar-refractivity contribution in [1.29, 1.82) is 0 Å². The van der Waals surface area contributed by atoms with E-state index in [4.69, 9.17) is 10.2 Å². The fourth-order valence-electron chi connectivity index (χ4n) is 0.961. The highest BCUT2D eigenvalue weighted by Gasteiger charge is 2.05. The van der Waals surface area contributed by atoms with Gasteiger partial charge in [-0.2, -0.15) is 0 Å². The lowest BCUT2D eigenvalue weighted by atomic mass is 10.1. The van der Waals surface area contributed by atoms with Gasteiger partial charge in [0, 0.05) is 5.56 Å². The molecule has 14 heavy (non-hydrogen) atoms. The Labute approximate surface area is 82.0 Å². The molecule has 2 N–H and O–H groups in total. The van der Waals surface area contributed by atoms with Gasteiger partial charge in [0.25, 0.3) is 0 Å². The van der Waals surface area contributed by atoms with E-state index >= 15 is 0 Å². The molecule has 0 aliphatic heterocycles. The summed E-state index contributed by atoms with van der Waals surface area (Å²) in [7, 11) is 0. The lowest BCUT2D eigenvalue weighted by Crippen LogP contribution is -2.00. The average Bonchev–Trinajstić information content (AvgIpc) is 2.15. The summed E-state index contributed by atoms with van der Waals surface area (Å²) in [4.78, 5) is 10.7. The molecule has 0 spiro atoms. The number of hydrogen-bond donors (Lipinski definition) is 2. The Kier molecular flexibility index (Phi) is 3.27. The number of benzene rings is 1. The van der Waals surface area contributed by atoms with Gasteiger partial charge in [-0.15, -0.1) is 0 Å². The number of aliphatic hydroxyl groups is 1. The van der Waals surface area contributed by atoms with Crippen LogP contribution < -0.4 is 0 Å². The number of carbonyl (C=O) groups is 1. The third-order valence-electron chi connectivity index (χ3n) is 1.57. The lowest BCUT2D eigenvalue weighted by molar-refractivity contribution is 0.0696. The first-order chi connectivity index (χ1) is 6.61. The van der Waals surface area contributed by atoms with Crippen molar-refractivity contribution in [2.24, 2.45) is 0 Å². The van der Waals surface area contributed by atoms with Crippen molar-refractivity contribution >= 4 is 5.97 Å². The number of carboxylic acid groups (broad SMARTS) is 1. The van der Waals surface area contributed by atoms with Crippen LogP contribution in [-0.4, -0.2) is 22.3 Å². The molecule has 0 fully saturated rings. The fraction of sp³-hybridized carbons (Fsp3) is 0.182. The maximum Gasteiger partial charge on any atom is 0.336 e. The topological polar surface area (TPSA) is 57.5 Å². The largest absolute Gasteiger partial charge is 0.478 e. The predicted octanol–water partition coefficient (Wildman–Crippen LogP) is 1.12. The van der Waals surface area contributed by atoms with Crippen LogP contribution in [-0.2, 0) is 0 Å². The molecule has 3 nitrogen and oxygen atoms in total. The van der Waals surface area contributed by atoms with Crippen LogP contribution in [0.1, 0.15) is 22.8 Å². The summed E-state index contributed by atoms with van der Waals surface area (Å²) in [5, 5.41) is 17.7. The molecule has 3 heteroatoms. The smallest absolute Gasteiger partial charge is 0.336 e. The summed E-state index contributed by atoms with van der Waals surface area (Å²) >= 11 is 0. The third-order valence-corrected chi connectivity index (χ3v) is 1.57. The van der Waals surface area contributed by atoms with E-state index in [0.29, 0.717) is 5.56 Å². The predicted molar refractivity (Wildman–Crippen MR) is 52.0 cm³/mol. The van der Waals surface area contributed by atoms with Crippen LogP contribution in [0.25, 0.3) is 0 Å². The molecular weight excluding hydrogens is 180 g/mol. The second-order valence-corrected chi connectivity index (χ2v) is 2.80. The van der Waals surface area contributed by atoms with Gasteiger partial charge in [-0.05, 0) is 19.1 Å². The number of aliphatic hydroxyl groups excluding tert-OH is 1. The fourth-order valence-corrected chi connectivity index (χ4v) is 0.961. The van der Waals surface area contributed by atoms with E-state index in [2.05, 4.69) is 11.8 Å². The molecule has 0 saturated carbocycles. The molecule has 1 aromatic carbocycles. The quantitative estimate of drug-likeness (QED) is 0.652. The van der Waals surface area contributed by atoms with Gasteiger partial charge in [-0.1, -0.05) is 24.0 Å². The summed E-state index contributed by atoms with van der Waals surface area (Å²) in [5.74, 6) is 4.10. The Morgan fingerprint density at radius 3 is 2.64 bits per heavy atom. The third kappa shape index (κ3) is 2.61. The summed E-state index contributed by atoms with van der Waals surface area (Å²) in [6, 6.07) is 6.43. The maximum atomic E-state index is 10.7. The van der Waals surface area contributed by atoms with E-state index in [1.54, 1.807) is 18.2 Å². The van der Waals surface area contributed by atoms with Crippen LogP contribution in [0.15, 0.2) is 24.3 Å². The first kappa shape index (κ1) is 10.3. The minimum absolute atomic E-state index is 0.153. The van der Waals surface area contributed by atoms with E-state index in [1.807, 2.05) is 0 Å². The molecule has 0 aromatic heterocycles. The Balaban J connectivity index is 3.10. The molecule has 0 amide bonds. The van der Waals surface area contributed by atoms with Gasteiger partial charge in [0.1, 0.15) is 6.10 Å². The first-order valence-electron chi connectivity index (χ1n) is 4.13. The minimum Gasteiger partial charge on any atom is -0.478 e. The van der Waals surface area contributed by atoms with Gasteiger partial charge in [0.2, 0.25) is 0 Å². The van der Waals surface area contributed by atoms with Crippen LogP contribution in [0, 0.1) is 11.8 Å². The molecule has 1 atom stereocenters. The minimum atomic E-state index is -1.01. The molecule has 0 aliphatic rings. The highest BCUT2D eigenvalue weighted by Crippen LogP contribution is 2.06. The first-order valence-corrected chi connectivity index (χ1v) is 4.13. The molecule has 0 radical (unpaired) electrons. The average molecular weight is 190 g/mol. The second kappa shape index (κ2) is 4.45. The maximum absolute atomic E-state index is 10.7. The number of carboxylic acids is 1. The van der Waals surface area contributed by atoms with Crippen molar-refractivity contribution in [3.05, 3.63) is 35.4 Å². The Bertz CT molecular complexity index is 396. The zero-order chi connectivity index (χ0) is 10.6. The summed E-state index contributed by atoms with van der Waals surface area (Å²) < 4.78 is 0. The van der Waals surface area contributed by atoms with Gasteiger partial charge in [0.15, 0.2) is 0 Å². The SMILES string of the molecule is C[C@H](O)C#Cc1ccccc1C(=O)O. The van der Waals surface area contributed by atoms with Gasteiger partial charge in [0.05, 0.1) is 5.56 Å². The second-order valence-electron chi connectivity index (χ2n) is 2.80. The van der Waals surface area contributed by atoms with Gasteiger partial charge in [-0.3, -0.25) is 0 Å². The van der Waals surface area contributed by atoms with E-state index in [9.17, 15) is 4.79 Å². The van der Waals surface area contributed by atoms with E-state index in [-0.39, 0.29) is 5.56 Å². The van der Waals surface area contributed by atoms with Gasteiger partial charge >= 0.3 is 5.97 Å². The van der Waals surface area contributed by atoms with E-state index < -0.39 is 12.1 Å². The van der Waals surface area contributed by atoms with Crippen molar-refractivity contribution in [2.45, 2.75) is 13.0 Å². The highest BCUT2D eigenvalue weighted by atomic mass is 16.4. The zero-order valence-electron chi connectivity index (χ0n) is 7.69. The summed E-state index contributed by atoms with van der Waals surface area (Å²) in [6.45, 7) is 1.52. The standard InChI is InChI=1S/C11H10O3/c1-8(12)6-7-9-4-2-3-5-10(9)11(13)14/h2-5,8,12H,1H3,(H,13,14)/t8-/m0/s1. The van der Waals surface area contributed by atoms with Crippen molar-refractivity contribution in [3.8, 4) is 11.8 Å². The molecule has 0 saturated heterocycles. The normalized spacial score (nSPS) is 11.3. The zero-order valence-corrected chi connectivity index (χ0v) is 7.69. The van der Waals surface area contributed by atoms with Crippen LogP contribution in [0.3, 0.4) is 0 Å². The molecule has 0 aliphatic carbocycles. The molecule has 1 rings (SSSR count). The number of aromatic carboxylic acids is 1. The van der Waals surface area contributed by atoms with E-state index in [1.165, 1.54) is 13.0 Å². The van der Waals surface area contributed by atoms with Crippen molar-refractivity contribution in [2.75, 3.05) is 0 Å². The molecule has 0 unspecified atom stereocenters. The van der Waals surface area contributed by atoms with Gasteiger partial charge in [-0.25, -0.2) is 4.79 Å².